The molecule has 1 aliphatic carbocycles. The van der Waals surface area contributed by atoms with Gasteiger partial charge in [0.25, 0.3) is 0 Å². The summed E-state index contributed by atoms with van der Waals surface area (Å²) < 4.78 is 7.14. The van der Waals surface area contributed by atoms with Gasteiger partial charge in [-0.2, -0.15) is 9.67 Å². The molecule has 0 unspecified atom stereocenters. The minimum atomic E-state index is -0.242. The van der Waals surface area contributed by atoms with Crippen LogP contribution >= 0.6 is 0 Å². The Morgan fingerprint density at radius 3 is 2.85 bits per heavy atom. The van der Waals surface area contributed by atoms with E-state index in [2.05, 4.69) is 25.6 Å². The number of anilines is 1. The first-order chi connectivity index (χ1) is 13.1. The van der Waals surface area contributed by atoms with Gasteiger partial charge in [-0.1, -0.05) is 5.21 Å². The van der Waals surface area contributed by atoms with Crippen LogP contribution in [-0.4, -0.2) is 43.5 Å². The van der Waals surface area contributed by atoms with Crippen molar-refractivity contribution in [1.82, 2.24) is 25.0 Å². The monoisotopic (exact) mass is 367 g/mol. The van der Waals surface area contributed by atoms with Gasteiger partial charge in [0.15, 0.2) is 11.2 Å². The third-order valence-electron chi connectivity index (χ3n) is 4.75. The molecule has 1 amide bonds. The van der Waals surface area contributed by atoms with E-state index in [9.17, 15) is 4.79 Å². The first-order valence-electron chi connectivity index (χ1n) is 9.01. The van der Waals surface area contributed by atoms with Crippen molar-refractivity contribution in [3.8, 4) is 11.4 Å². The Bertz CT molecular complexity index is 954. The van der Waals surface area contributed by atoms with E-state index in [0.29, 0.717) is 30.1 Å². The number of nitrogens with two attached hydrogens (primary N) is 1. The van der Waals surface area contributed by atoms with Gasteiger partial charge in [-0.15, -0.1) is 5.10 Å². The molecule has 1 saturated carbocycles. The lowest BCUT2D eigenvalue weighted by Gasteiger charge is -2.12. The number of nitrogens with zero attached hydrogens (tertiary/aromatic N) is 5. The second kappa shape index (κ2) is 7.18. The molecule has 3 N–H and O–H groups in total. The van der Waals surface area contributed by atoms with Crippen LogP contribution in [0.4, 0.5) is 5.95 Å². The summed E-state index contributed by atoms with van der Waals surface area (Å²) in [4.78, 5) is 20.2. The standard InChI is InChI=1S/C18H21N7O2/c1-2-27-14-7-5-13(6-8-14)25-17-15(23-24-25)10-20-18(22-17)21-12-4-3-11(9-12)16(19)26/h5-8,10-12H,2-4,9H2,1H3,(H2,19,26)(H,20,21,22)/t11-,12-/m1/s1. The third kappa shape index (κ3) is 3.53. The molecule has 9 heteroatoms. The maximum atomic E-state index is 11.3. The summed E-state index contributed by atoms with van der Waals surface area (Å²) in [5, 5.41) is 11.6. The number of benzene rings is 1. The molecule has 3 aromatic rings. The zero-order chi connectivity index (χ0) is 18.8. The summed E-state index contributed by atoms with van der Waals surface area (Å²) >= 11 is 0. The second-order valence-corrected chi connectivity index (χ2v) is 6.58. The van der Waals surface area contributed by atoms with Gasteiger partial charge in [-0.3, -0.25) is 4.79 Å². The highest BCUT2D eigenvalue weighted by atomic mass is 16.5. The number of hydrogen-bond acceptors (Lipinski definition) is 7. The minimum absolute atomic E-state index is 0.0812. The van der Waals surface area contributed by atoms with Gasteiger partial charge in [-0.05, 0) is 50.5 Å². The van der Waals surface area contributed by atoms with Crippen molar-refractivity contribution in [3.05, 3.63) is 30.5 Å². The predicted molar refractivity (Wildman–Crippen MR) is 99.6 cm³/mol. The van der Waals surface area contributed by atoms with Crippen LogP contribution in [0.3, 0.4) is 0 Å². The van der Waals surface area contributed by atoms with E-state index < -0.39 is 0 Å². The molecule has 2 aromatic heterocycles. The van der Waals surface area contributed by atoms with E-state index in [4.69, 9.17) is 10.5 Å². The maximum absolute atomic E-state index is 11.3. The van der Waals surface area contributed by atoms with E-state index in [1.54, 1.807) is 10.9 Å². The van der Waals surface area contributed by atoms with Gasteiger partial charge < -0.3 is 15.8 Å². The van der Waals surface area contributed by atoms with Crippen LogP contribution in [0.5, 0.6) is 5.75 Å². The number of hydrogen-bond donors (Lipinski definition) is 2. The number of nitrogens with one attached hydrogen (secondary N) is 1. The van der Waals surface area contributed by atoms with Gasteiger partial charge in [0.1, 0.15) is 5.75 Å². The predicted octanol–water partition coefficient (Wildman–Crippen LogP) is 1.68. The van der Waals surface area contributed by atoms with Gasteiger partial charge in [-0.25, -0.2) is 4.98 Å². The lowest BCUT2D eigenvalue weighted by Crippen LogP contribution is -2.23. The number of fused-ring (bicyclic) bond motifs is 1. The summed E-state index contributed by atoms with van der Waals surface area (Å²) in [6, 6.07) is 7.71. The molecule has 1 aliphatic rings. The van der Waals surface area contributed by atoms with Crippen molar-refractivity contribution < 1.29 is 9.53 Å². The summed E-state index contributed by atoms with van der Waals surface area (Å²) in [6.45, 7) is 2.56. The molecular weight excluding hydrogens is 346 g/mol. The number of carbonyl (C=O) groups excluding carboxylic acids is 1. The third-order valence-corrected chi connectivity index (χ3v) is 4.75. The maximum Gasteiger partial charge on any atom is 0.225 e. The van der Waals surface area contributed by atoms with Crippen molar-refractivity contribution in [2.75, 3.05) is 11.9 Å². The summed E-state index contributed by atoms with van der Waals surface area (Å²) in [5.41, 5.74) is 7.45. The van der Waals surface area contributed by atoms with E-state index in [1.807, 2.05) is 31.2 Å². The molecule has 2 heterocycles. The fourth-order valence-corrected chi connectivity index (χ4v) is 3.38. The molecule has 2 atom stereocenters. The first kappa shape index (κ1) is 17.2. The van der Waals surface area contributed by atoms with E-state index in [0.717, 1.165) is 24.3 Å². The van der Waals surface area contributed by atoms with Crippen LogP contribution < -0.4 is 15.8 Å². The Balaban J connectivity index is 1.57. The molecule has 0 aliphatic heterocycles. The molecular formula is C18H21N7O2. The van der Waals surface area contributed by atoms with Crippen LogP contribution in [0.2, 0.25) is 0 Å². The number of amides is 1. The summed E-state index contributed by atoms with van der Waals surface area (Å²) in [6.07, 6.45) is 4.00. The topological polar surface area (TPSA) is 121 Å². The van der Waals surface area contributed by atoms with Crippen molar-refractivity contribution >= 4 is 23.0 Å². The van der Waals surface area contributed by atoms with Gasteiger partial charge in [0.2, 0.25) is 11.9 Å². The second-order valence-electron chi connectivity index (χ2n) is 6.58. The molecule has 9 nitrogen and oxygen atoms in total. The van der Waals surface area contributed by atoms with Crippen LogP contribution in [-0.2, 0) is 4.79 Å². The SMILES string of the molecule is CCOc1ccc(-n2nnc3cnc(N[C@@H]4CC[C@@H](C(N)=O)C4)nc32)cc1. The highest BCUT2D eigenvalue weighted by molar-refractivity contribution is 5.77. The molecule has 0 spiro atoms. The number of aromatic nitrogens is 5. The highest BCUT2D eigenvalue weighted by Gasteiger charge is 2.28. The zero-order valence-electron chi connectivity index (χ0n) is 15.0. The number of ether oxygens (including phenoxy) is 1. The smallest absolute Gasteiger partial charge is 0.225 e. The Morgan fingerprint density at radius 1 is 1.33 bits per heavy atom. The van der Waals surface area contributed by atoms with E-state index in [1.165, 1.54) is 0 Å². The molecule has 1 fully saturated rings. The zero-order valence-corrected chi connectivity index (χ0v) is 15.0. The molecule has 0 saturated heterocycles. The van der Waals surface area contributed by atoms with Gasteiger partial charge >= 0.3 is 0 Å². The minimum Gasteiger partial charge on any atom is -0.494 e. The largest absolute Gasteiger partial charge is 0.494 e. The van der Waals surface area contributed by atoms with Crippen molar-refractivity contribution in [1.29, 1.82) is 0 Å². The van der Waals surface area contributed by atoms with Gasteiger partial charge in [0, 0.05) is 12.0 Å². The lowest BCUT2D eigenvalue weighted by molar-refractivity contribution is -0.121. The van der Waals surface area contributed by atoms with Crippen LogP contribution in [0.25, 0.3) is 16.9 Å². The van der Waals surface area contributed by atoms with Crippen LogP contribution in [0.15, 0.2) is 30.5 Å². The quantitative estimate of drug-likeness (QED) is 0.680. The fraction of sp³-hybridized carbons (Fsp3) is 0.389. The Labute approximate surface area is 155 Å². The van der Waals surface area contributed by atoms with Crippen molar-refractivity contribution in [2.24, 2.45) is 11.7 Å². The summed E-state index contributed by atoms with van der Waals surface area (Å²) in [7, 11) is 0. The molecule has 0 bridgehead atoms. The molecule has 1 aromatic carbocycles. The average molecular weight is 367 g/mol. The van der Waals surface area contributed by atoms with Crippen LogP contribution in [0, 0.1) is 5.92 Å². The van der Waals surface area contributed by atoms with Crippen LogP contribution in [0.1, 0.15) is 26.2 Å². The lowest BCUT2D eigenvalue weighted by atomic mass is 10.1. The highest BCUT2D eigenvalue weighted by Crippen LogP contribution is 2.27. The molecule has 140 valence electrons. The van der Waals surface area contributed by atoms with Crippen molar-refractivity contribution in [2.45, 2.75) is 32.2 Å². The number of rotatable bonds is 6. The number of carbonyl (C=O) groups is 1. The Kier molecular flexibility index (Phi) is 4.57. The molecule has 4 rings (SSSR count). The molecule has 27 heavy (non-hydrogen) atoms. The van der Waals surface area contributed by atoms with Crippen molar-refractivity contribution in [3.63, 3.8) is 0 Å². The average Bonchev–Trinajstić information content (AvgIpc) is 3.30. The summed E-state index contributed by atoms with van der Waals surface area (Å²) in [5.74, 6) is 0.968. The number of primary amides is 1. The molecule has 0 radical (unpaired) electrons. The fourth-order valence-electron chi connectivity index (χ4n) is 3.38. The van der Waals surface area contributed by atoms with E-state index in [-0.39, 0.29) is 17.9 Å². The normalized spacial score (nSPS) is 19.3. The van der Waals surface area contributed by atoms with Gasteiger partial charge in [0.05, 0.1) is 18.5 Å². The first-order valence-corrected chi connectivity index (χ1v) is 9.01. The van der Waals surface area contributed by atoms with E-state index >= 15 is 0 Å². The Morgan fingerprint density at radius 2 is 2.15 bits per heavy atom. The Hall–Kier alpha value is -3.23.